The first-order valence-electron chi connectivity index (χ1n) is 9.82. The van der Waals surface area contributed by atoms with Crippen LogP contribution in [0.2, 0.25) is 0 Å². The van der Waals surface area contributed by atoms with Gasteiger partial charge in [0.2, 0.25) is 5.91 Å². The van der Waals surface area contributed by atoms with E-state index in [0.717, 1.165) is 30.3 Å². The fraction of sp³-hybridized carbons (Fsp3) is 0.273. The zero-order valence-electron chi connectivity index (χ0n) is 17.8. The molecule has 0 radical (unpaired) electrons. The molecule has 0 saturated heterocycles. The van der Waals surface area contributed by atoms with Gasteiger partial charge in [-0.05, 0) is 42.3 Å². The molecule has 0 saturated carbocycles. The molecule has 1 unspecified atom stereocenters. The topological polar surface area (TPSA) is 114 Å². The number of halogens is 3. The predicted molar refractivity (Wildman–Crippen MR) is 111 cm³/mol. The predicted octanol–water partition coefficient (Wildman–Crippen LogP) is 2.16. The minimum atomic E-state index is -1.29. The Morgan fingerprint density at radius 2 is 1.52 bits per heavy atom. The Balaban J connectivity index is 1.84. The summed E-state index contributed by atoms with van der Waals surface area (Å²) >= 11 is 0. The van der Waals surface area contributed by atoms with Crippen LogP contribution in [0.15, 0.2) is 42.5 Å². The molecule has 11 heteroatoms. The van der Waals surface area contributed by atoms with Crippen LogP contribution in [-0.4, -0.2) is 42.9 Å². The summed E-state index contributed by atoms with van der Waals surface area (Å²) in [4.78, 5) is 48.2. The summed E-state index contributed by atoms with van der Waals surface area (Å²) in [5.41, 5.74) is -0.523. The van der Waals surface area contributed by atoms with Crippen molar-refractivity contribution in [2.75, 3.05) is 18.5 Å². The number of hydrogen-bond acceptors (Lipinski definition) is 5. The highest BCUT2D eigenvalue weighted by atomic mass is 19.1. The fourth-order valence-corrected chi connectivity index (χ4v) is 2.62. The van der Waals surface area contributed by atoms with Crippen LogP contribution in [0, 0.1) is 23.4 Å². The minimum absolute atomic E-state index is 0.323. The number of ether oxygens (including phenoxy) is 1. The number of nitrogens with one attached hydrogen (secondary N) is 3. The number of carbonyl (C=O) groups excluding carboxylic acids is 4. The van der Waals surface area contributed by atoms with Gasteiger partial charge in [-0.25, -0.2) is 18.0 Å². The molecule has 0 aliphatic rings. The fourth-order valence-electron chi connectivity index (χ4n) is 2.62. The van der Waals surface area contributed by atoms with E-state index in [2.05, 4.69) is 16.0 Å². The number of carbonyl (C=O) groups is 4. The molecule has 0 aliphatic carbocycles. The molecule has 1 atom stereocenters. The number of hydrogen-bond donors (Lipinski definition) is 3. The standard InChI is InChI=1S/C22H22F3N3O5/c1-12(2)20(28-21(31)19-15(24)4-3-5-16(19)25)22(32)33-11-18(30)26-10-17(29)27-14-8-6-13(23)7-9-14/h3-9,12,20H,10-11H2,1-2H3,(H,26,30)(H,27,29)(H,28,31). The molecule has 176 valence electrons. The third kappa shape index (κ3) is 7.63. The highest BCUT2D eigenvalue weighted by Crippen LogP contribution is 2.14. The van der Waals surface area contributed by atoms with E-state index in [1.165, 1.54) is 12.1 Å². The third-order valence-electron chi connectivity index (χ3n) is 4.32. The number of anilines is 1. The van der Waals surface area contributed by atoms with Crippen LogP contribution in [0.25, 0.3) is 0 Å². The summed E-state index contributed by atoms with van der Waals surface area (Å²) in [5.74, 6) is -6.74. The molecule has 0 fully saturated rings. The van der Waals surface area contributed by atoms with Crippen LogP contribution in [0.4, 0.5) is 18.9 Å². The Bertz CT molecular complexity index is 1010. The van der Waals surface area contributed by atoms with E-state index in [4.69, 9.17) is 4.74 Å². The van der Waals surface area contributed by atoms with Crippen LogP contribution in [-0.2, 0) is 19.1 Å². The molecular weight excluding hydrogens is 443 g/mol. The SMILES string of the molecule is CC(C)C(NC(=O)c1c(F)cccc1F)C(=O)OCC(=O)NCC(=O)Nc1ccc(F)cc1. The van der Waals surface area contributed by atoms with Crippen molar-refractivity contribution >= 4 is 29.4 Å². The first kappa shape index (κ1) is 25.4. The molecule has 0 spiro atoms. The molecule has 0 bridgehead atoms. The van der Waals surface area contributed by atoms with Gasteiger partial charge in [-0.15, -0.1) is 0 Å². The van der Waals surface area contributed by atoms with Crippen LogP contribution in [0.5, 0.6) is 0 Å². The van der Waals surface area contributed by atoms with E-state index in [9.17, 15) is 32.3 Å². The van der Waals surface area contributed by atoms with Gasteiger partial charge in [0.05, 0.1) is 6.54 Å². The number of amides is 3. The number of esters is 1. The lowest BCUT2D eigenvalue weighted by atomic mass is 10.0. The van der Waals surface area contributed by atoms with Crippen LogP contribution >= 0.6 is 0 Å². The van der Waals surface area contributed by atoms with E-state index < -0.39 is 71.8 Å². The van der Waals surface area contributed by atoms with Crippen molar-refractivity contribution in [3.05, 3.63) is 65.5 Å². The Kier molecular flexibility index (Phi) is 8.96. The second kappa shape index (κ2) is 11.7. The first-order chi connectivity index (χ1) is 15.6. The molecule has 2 rings (SSSR count). The van der Waals surface area contributed by atoms with Gasteiger partial charge < -0.3 is 20.7 Å². The zero-order chi connectivity index (χ0) is 24.5. The van der Waals surface area contributed by atoms with E-state index in [0.29, 0.717) is 5.69 Å². The Morgan fingerprint density at radius 3 is 2.09 bits per heavy atom. The van der Waals surface area contributed by atoms with Crippen molar-refractivity contribution < 1.29 is 37.1 Å². The molecule has 2 aromatic carbocycles. The summed E-state index contributed by atoms with van der Waals surface area (Å²) in [6, 6.07) is 6.58. The Morgan fingerprint density at radius 1 is 0.909 bits per heavy atom. The van der Waals surface area contributed by atoms with E-state index in [1.807, 2.05) is 0 Å². The van der Waals surface area contributed by atoms with Crippen molar-refractivity contribution in [1.82, 2.24) is 10.6 Å². The molecule has 3 amide bonds. The van der Waals surface area contributed by atoms with Crippen molar-refractivity contribution in [3.63, 3.8) is 0 Å². The summed E-state index contributed by atoms with van der Waals surface area (Å²) < 4.78 is 45.3. The van der Waals surface area contributed by atoms with Gasteiger partial charge in [0.15, 0.2) is 6.61 Å². The van der Waals surface area contributed by atoms with Gasteiger partial charge >= 0.3 is 5.97 Å². The summed E-state index contributed by atoms with van der Waals surface area (Å²) in [7, 11) is 0. The average Bonchev–Trinajstić information content (AvgIpc) is 2.75. The van der Waals surface area contributed by atoms with Crippen molar-refractivity contribution in [2.24, 2.45) is 5.92 Å². The van der Waals surface area contributed by atoms with Gasteiger partial charge in [-0.1, -0.05) is 19.9 Å². The molecule has 2 aromatic rings. The highest BCUT2D eigenvalue weighted by Gasteiger charge is 2.29. The smallest absolute Gasteiger partial charge is 0.329 e. The quantitative estimate of drug-likeness (QED) is 0.491. The number of benzene rings is 2. The maximum Gasteiger partial charge on any atom is 0.329 e. The summed E-state index contributed by atoms with van der Waals surface area (Å²) in [5, 5.41) is 6.87. The average molecular weight is 465 g/mol. The minimum Gasteiger partial charge on any atom is -0.454 e. The second-order valence-corrected chi connectivity index (χ2v) is 7.23. The number of rotatable bonds is 9. The monoisotopic (exact) mass is 465 g/mol. The van der Waals surface area contributed by atoms with Gasteiger partial charge in [0.25, 0.3) is 11.8 Å². The molecular formula is C22H22F3N3O5. The van der Waals surface area contributed by atoms with Gasteiger partial charge in [0, 0.05) is 5.69 Å². The van der Waals surface area contributed by atoms with Crippen LogP contribution in [0.1, 0.15) is 24.2 Å². The van der Waals surface area contributed by atoms with E-state index in [-0.39, 0.29) is 0 Å². The zero-order valence-corrected chi connectivity index (χ0v) is 17.8. The maximum absolute atomic E-state index is 13.8. The van der Waals surface area contributed by atoms with Gasteiger partial charge in [-0.3, -0.25) is 14.4 Å². The summed E-state index contributed by atoms with van der Waals surface area (Å²) in [6.45, 7) is 1.92. The van der Waals surface area contributed by atoms with Gasteiger partial charge in [-0.2, -0.15) is 0 Å². The lowest BCUT2D eigenvalue weighted by molar-refractivity contribution is -0.151. The maximum atomic E-state index is 13.8. The van der Waals surface area contributed by atoms with Crippen molar-refractivity contribution in [2.45, 2.75) is 19.9 Å². The van der Waals surface area contributed by atoms with Crippen LogP contribution < -0.4 is 16.0 Å². The summed E-state index contributed by atoms with van der Waals surface area (Å²) in [6.07, 6.45) is 0. The van der Waals surface area contributed by atoms with Gasteiger partial charge in [0.1, 0.15) is 29.1 Å². The molecule has 33 heavy (non-hydrogen) atoms. The van der Waals surface area contributed by atoms with E-state index in [1.54, 1.807) is 13.8 Å². The van der Waals surface area contributed by atoms with Crippen molar-refractivity contribution in [3.8, 4) is 0 Å². The lowest BCUT2D eigenvalue weighted by Gasteiger charge is -2.21. The Hall–Kier alpha value is -3.89. The first-order valence-corrected chi connectivity index (χ1v) is 9.82. The molecule has 0 heterocycles. The second-order valence-electron chi connectivity index (χ2n) is 7.23. The van der Waals surface area contributed by atoms with Crippen LogP contribution in [0.3, 0.4) is 0 Å². The Labute approximate surface area is 187 Å². The van der Waals surface area contributed by atoms with Crippen molar-refractivity contribution in [1.29, 1.82) is 0 Å². The normalized spacial score (nSPS) is 11.5. The lowest BCUT2D eigenvalue weighted by Crippen LogP contribution is -2.46. The molecule has 0 aromatic heterocycles. The highest BCUT2D eigenvalue weighted by molar-refractivity contribution is 5.98. The molecule has 8 nitrogen and oxygen atoms in total. The third-order valence-corrected chi connectivity index (χ3v) is 4.32. The molecule has 3 N–H and O–H groups in total. The van der Waals surface area contributed by atoms with E-state index >= 15 is 0 Å². The molecule has 0 aliphatic heterocycles. The largest absolute Gasteiger partial charge is 0.454 e.